The zero-order chi connectivity index (χ0) is 19.7. The highest BCUT2D eigenvalue weighted by Gasteiger charge is 2.43. The van der Waals surface area contributed by atoms with E-state index in [4.69, 9.17) is 11.6 Å². The summed E-state index contributed by atoms with van der Waals surface area (Å²) in [7, 11) is 0. The molecule has 3 nitrogen and oxygen atoms in total. The number of carbonyl (C=O) groups is 1. The standard InChI is InChI=1S/C22H19ClF2N2O/c23-13-20(28)27-22(15-6-10-18(25)11-7-15)19-3-1-2-16(21(19)26-27)12-14-4-8-17(24)9-5-14/h4-12,19,22H,1-3,13H2/b16-12+. The first-order valence-electron chi connectivity index (χ1n) is 9.25. The third-order valence-electron chi connectivity index (χ3n) is 5.29. The highest BCUT2D eigenvalue weighted by atomic mass is 35.5. The van der Waals surface area contributed by atoms with Crippen LogP contribution in [0.3, 0.4) is 0 Å². The highest BCUT2D eigenvalue weighted by molar-refractivity contribution is 6.27. The first-order chi connectivity index (χ1) is 13.6. The summed E-state index contributed by atoms with van der Waals surface area (Å²) in [4.78, 5) is 12.5. The van der Waals surface area contributed by atoms with Crippen LogP contribution in [-0.4, -0.2) is 22.5 Å². The van der Waals surface area contributed by atoms with Crippen molar-refractivity contribution in [2.75, 3.05) is 5.88 Å². The Labute approximate surface area is 167 Å². The third kappa shape index (κ3) is 3.59. The molecular formula is C22H19ClF2N2O. The summed E-state index contributed by atoms with van der Waals surface area (Å²) in [5.74, 6) is -1.02. The normalized spacial score (nSPS) is 22.9. The number of hydrazone groups is 1. The van der Waals surface area contributed by atoms with Crippen molar-refractivity contribution in [3.05, 3.63) is 76.9 Å². The van der Waals surface area contributed by atoms with Crippen LogP contribution in [0.25, 0.3) is 6.08 Å². The van der Waals surface area contributed by atoms with Crippen LogP contribution in [0.5, 0.6) is 0 Å². The van der Waals surface area contributed by atoms with Crippen molar-refractivity contribution in [3.63, 3.8) is 0 Å². The lowest BCUT2D eigenvalue weighted by atomic mass is 9.77. The van der Waals surface area contributed by atoms with Gasteiger partial charge in [-0.15, -0.1) is 11.6 Å². The summed E-state index contributed by atoms with van der Waals surface area (Å²) < 4.78 is 26.6. The topological polar surface area (TPSA) is 32.7 Å². The Morgan fingerprint density at radius 2 is 1.75 bits per heavy atom. The Morgan fingerprint density at radius 3 is 2.39 bits per heavy atom. The predicted octanol–water partition coefficient (Wildman–Crippen LogP) is 5.33. The van der Waals surface area contributed by atoms with Crippen molar-refractivity contribution >= 4 is 29.3 Å². The number of carbonyl (C=O) groups excluding carboxylic acids is 1. The molecule has 0 N–H and O–H groups in total. The van der Waals surface area contributed by atoms with Gasteiger partial charge in [0.05, 0.1) is 11.8 Å². The Morgan fingerprint density at radius 1 is 1.11 bits per heavy atom. The molecule has 1 saturated carbocycles. The van der Waals surface area contributed by atoms with E-state index in [0.29, 0.717) is 0 Å². The van der Waals surface area contributed by atoms with Crippen LogP contribution in [0, 0.1) is 17.6 Å². The van der Waals surface area contributed by atoms with E-state index in [-0.39, 0.29) is 35.4 Å². The number of benzene rings is 2. The van der Waals surface area contributed by atoms with Gasteiger partial charge in [-0.25, -0.2) is 13.8 Å². The Hall–Kier alpha value is -2.53. The van der Waals surface area contributed by atoms with Crippen molar-refractivity contribution in [2.24, 2.45) is 11.0 Å². The van der Waals surface area contributed by atoms with E-state index < -0.39 is 0 Å². The number of hydrogen-bond acceptors (Lipinski definition) is 2. The Balaban J connectivity index is 1.73. The maximum absolute atomic E-state index is 13.4. The van der Waals surface area contributed by atoms with Gasteiger partial charge in [-0.05, 0) is 66.3 Å². The molecule has 1 aliphatic carbocycles. The minimum Gasteiger partial charge on any atom is -0.272 e. The smallest absolute Gasteiger partial charge is 0.258 e. The van der Waals surface area contributed by atoms with Gasteiger partial charge in [0.25, 0.3) is 5.91 Å². The number of allylic oxidation sites excluding steroid dienone is 1. The largest absolute Gasteiger partial charge is 0.272 e. The zero-order valence-corrected chi connectivity index (χ0v) is 15.9. The molecule has 1 aliphatic heterocycles. The molecule has 2 aliphatic rings. The van der Waals surface area contributed by atoms with Crippen molar-refractivity contribution in [1.82, 2.24) is 5.01 Å². The number of fused-ring (bicyclic) bond motifs is 1. The van der Waals surface area contributed by atoms with E-state index >= 15 is 0 Å². The quantitative estimate of drug-likeness (QED) is 0.641. The second-order valence-electron chi connectivity index (χ2n) is 7.07. The van der Waals surface area contributed by atoms with Gasteiger partial charge in [-0.2, -0.15) is 5.10 Å². The molecule has 4 rings (SSSR count). The molecule has 144 valence electrons. The fourth-order valence-electron chi connectivity index (χ4n) is 4.02. The number of halogens is 3. The van der Waals surface area contributed by atoms with Gasteiger partial charge in [-0.1, -0.05) is 24.3 Å². The minimum atomic E-state index is -0.321. The van der Waals surface area contributed by atoms with Crippen molar-refractivity contribution in [1.29, 1.82) is 0 Å². The van der Waals surface area contributed by atoms with Gasteiger partial charge >= 0.3 is 0 Å². The van der Waals surface area contributed by atoms with E-state index in [1.807, 2.05) is 6.08 Å². The molecule has 0 bridgehead atoms. The van der Waals surface area contributed by atoms with Crippen molar-refractivity contribution in [3.8, 4) is 0 Å². The zero-order valence-electron chi connectivity index (χ0n) is 15.1. The van der Waals surface area contributed by atoms with Crippen molar-refractivity contribution < 1.29 is 13.6 Å². The second-order valence-corrected chi connectivity index (χ2v) is 7.34. The first-order valence-corrected chi connectivity index (χ1v) is 9.79. The van der Waals surface area contributed by atoms with Crippen LogP contribution in [0.4, 0.5) is 8.78 Å². The van der Waals surface area contributed by atoms with Gasteiger partial charge in [0.2, 0.25) is 0 Å². The lowest BCUT2D eigenvalue weighted by Crippen LogP contribution is -2.32. The molecule has 2 unspecified atom stereocenters. The fourth-order valence-corrected chi connectivity index (χ4v) is 4.14. The minimum absolute atomic E-state index is 0.0260. The number of rotatable bonds is 3. The molecule has 2 aromatic rings. The molecule has 2 atom stereocenters. The summed E-state index contributed by atoms with van der Waals surface area (Å²) in [6, 6.07) is 12.2. The molecule has 0 aromatic heterocycles. The summed E-state index contributed by atoms with van der Waals surface area (Å²) in [5.41, 5.74) is 3.63. The predicted molar refractivity (Wildman–Crippen MR) is 106 cm³/mol. The molecule has 6 heteroatoms. The number of alkyl halides is 1. The molecule has 28 heavy (non-hydrogen) atoms. The molecular weight excluding hydrogens is 382 g/mol. The van der Waals surface area contributed by atoms with Crippen LogP contribution in [0.2, 0.25) is 0 Å². The molecule has 1 fully saturated rings. The number of hydrogen-bond donors (Lipinski definition) is 0. The van der Waals surface area contributed by atoms with Gasteiger partial charge in [0.1, 0.15) is 17.5 Å². The molecule has 0 saturated heterocycles. The average Bonchev–Trinajstić information content (AvgIpc) is 3.10. The van der Waals surface area contributed by atoms with Gasteiger partial charge < -0.3 is 0 Å². The maximum Gasteiger partial charge on any atom is 0.258 e. The molecule has 0 spiro atoms. The Kier molecular flexibility index (Phi) is 5.27. The van der Waals surface area contributed by atoms with Crippen LogP contribution in [0.15, 0.2) is 59.2 Å². The summed E-state index contributed by atoms with van der Waals surface area (Å²) in [5, 5.41) is 6.08. The van der Waals surface area contributed by atoms with Gasteiger partial charge in [0.15, 0.2) is 0 Å². The van der Waals surface area contributed by atoms with Gasteiger partial charge in [-0.3, -0.25) is 4.79 Å². The van der Waals surface area contributed by atoms with Crippen LogP contribution in [0.1, 0.15) is 36.4 Å². The van der Waals surface area contributed by atoms with Crippen LogP contribution < -0.4 is 0 Å². The summed E-state index contributed by atoms with van der Waals surface area (Å²) in [6.45, 7) is 0. The van der Waals surface area contributed by atoms with Gasteiger partial charge in [0, 0.05) is 5.92 Å². The number of amides is 1. The Bertz CT molecular complexity index is 938. The highest BCUT2D eigenvalue weighted by Crippen LogP contribution is 2.44. The van der Waals surface area contributed by atoms with E-state index in [0.717, 1.165) is 41.7 Å². The molecule has 1 heterocycles. The molecule has 0 radical (unpaired) electrons. The molecule has 1 amide bonds. The maximum atomic E-state index is 13.4. The lowest BCUT2D eigenvalue weighted by molar-refractivity contribution is -0.130. The summed E-state index contributed by atoms with van der Waals surface area (Å²) in [6.07, 6.45) is 4.68. The fraction of sp³-hybridized carbons (Fsp3) is 0.273. The lowest BCUT2D eigenvalue weighted by Gasteiger charge is -2.29. The molecule has 2 aromatic carbocycles. The van der Waals surface area contributed by atoms with Crippen LogP contribution >= 0.6 is 11.6 Å². The van der Waals surface area contributed by atoms with Crippen LogP contribution in [-0.2, 0) is 4.79 Å². The van der Waals surface area contributed by atoms with E-state index in [9.17, 15) is 13.6 Å². The number of nitrogens with zero attached hydrogens (tertiary/aromatic N) is 2. The van der Waals surface area contributed by atoms with Crippen molar-refractivity contribution in [2.45, 2.75) is 25.3 Å². The third-order valence-corrected chi connectivity index (χ3v) is 5.52. The monoisotopic (exact) mass is 400 g/mol. The average molecular weight is 401 g/mol. The van der Waals surface area contributed by atoms with E-state index in [1.54, 1.807) is 24.3 Å². The van der Waals surface area contributed by atoms with E-state index in [2.05, 4.69) is 5.10 Å². The first kappa shape index (κ1) is 18.8. The SMILES string of the molecule is O=C(CCl)N1N=C2/C(=C/c3ccc(F)cc3)CCCC2C1c1ccc(F)cc1. The second kappa shape index (κ2) is 7.84. The van der Waals surface area contributed by atoms with E-state index in [1.165, 1.54) is 29.3 Å². The summed E-state index contributed by atoms with van der Waals surface area (Å²) >= 11 is 5.82.